The summed E-state index contributed by atoms with van der Waals surface area (Å²) in [5, 5.41) is 5.85. The van der Waals surface area contributed by atoms with Gasteiger partial charge in [-0.2, -0.15) is 0 Å². The molecule has 0 spiro atoms. The van der Waals surface area contributed by atoms with Crippen molar-refractivity contribution in [3.63, 3.8) is 0 Å². The maximum absolute atomic E-state index is 12.1. The molecule has 2 N–H and O–H groups in total. The summed E-state index contributed by atoms with van der Waals surface area (Å²) in [7, 11) is 0. The highest BCUT2D eigenvalue weighted by molar-refractivity contribution is 5.89. The number of amides is 2. The SMILES string of the molecule is CCc1cnc(CN2CCCCC2CNC(=O)Nc2ccccc2)o1. The van der Waals surface area contributed by atoms with Gasteiger partial charge >= 0.3 is 6.03 Å². The summed E-state index contributed by atoms with van der Waals surface area (Å²) in [6, 6.07) is 9.63. The minimum absolute atomic E-state index is 0.166. The van der Waals surface area contributed by atoms with Crippen molar-refractivity contribution in [3.05, 3.63) is 48.2 Å². The maximum Gasteiger partial charge on any atom is 0.319 e. The standard InChI is InChI=1S/C19H26N4O2/c1-2-17-13-20-18(25-17)14-23-11-7-6-10-16(23)12-21-19(24)22-15-8-4-3-5-9-15/h3-5,8-9,13,16H,2,6-7,10-12,14H2,1H3,(H2,21,22,24). The van der Waals surface area contributed by atoms with Gasteiger partial charge in [0, 0.05) is 24.7 Å². The van der Waals surface area contributed by atoms with Gasteiger partial charge in [0.05, 0.1) is 12.7 Å². The predicted molar refractivity (Wildman–Crippen MR) is 97.4 cm³/mol. The molecule has 0 saturated carbocycles. The van der Waals surface area contributed by atoms with E-state index in [-0.39, 0.29) is 6.03 Å². The third-order valence-electron chi connectivity index (χ3n) is 4.57. The molecule has 25 heavy (non-hydrogen) atoms. The summed E-state index contributed by atoms with van der Waals surface area (Å²) >= 11 is 0. The van der Waals surface area contributed by atoms with Gasteiger partial charge in [0.15, 0.2) is 0 Å². The number of oxazole rings is 1. The van der Waals surface area contributed by atoms with Gasteiger partial charge in [-0.25, -0.2) is 9.78 Å². The van der Waals surface area contributed by atoms with Crippen LogP contribution in [0.5, 0.6) is 0 Å². The average molecular weight is 342 g/mol. The van der Waals surface area contributed by atoms with E-state index in [1.807, 2.05) is 30.3 Å². The van der Waals surface area contributed by atoms with Crippen molar-refractivity contribution in [1.82, 2.24) is 15.2 Å². The average Bonchev–Trinajstić information content (AvgIpc) is 3.09. The van der Waals surface area contributed by atoms with Crippen molar-refractivity contribution < 1.29 is 9.21 Å². The molecular formula is C19H26N4O2. The van der Waals surface area contributed by atoms with Gasteiger partial charge in [0.2, 0.25) is 5.89 Å². The molecule has 1 fully saturated rings. The van der Waals surface area contributed by atoms with E-state index in [4.69, 9.17) is 4.42 Å². The number of likely N-dealkylation sites (tertiary alicyclic amines) is 1. The zero-order valence-electron chi connectivity index (χ0n) is 14.7. The Morgan fingerprint density at radius 3 is 2.92 bits per heavy atom. The number of urea groups is 1. The molecular weight excluding hydrogens is 316 g/mol. The number of para-hydroxylation sites is 1. The first-order valence-electron chi connectivity index (χ1n) is 9.02. The first kappa shape index (κ1) is 17.5. The lowest BCUT2D eigenvalue weighted by Crippen LogP contribution is -2.47. The smallest absolute Gasteiger partial charge is 0.319 e. The number of anilines is 1. The molecule has 1 aromatic carbocycles. The van der Waals surface area contributed by atoms with Gasteiger partial charge in [-0.15, -0.1) is 0 Å². The number of hydrogen-bond acceptors (Lipinski definition) is 4. The van der Waals surface area contributed by atoms with Crippen LogP contribution < -0.4 is 10.6 Å². The van der Waals surface area contributed by atoms with Crippen LogP contribution in [-0.4, -0.2) is 35.0 Å². The van der Waals surface area contributed by atoms with Gasteiger partial charge in [0.1, 0.15) is 5.76 Å². The molecule has 0 aliphatic carbocycles. The number of benzene rings is 1. The van der Waals surface area contributed by atoms with Gasteiger partial charge in [-0.1, -0.05) is 31.5 Å². The van der Waals surface area contributed by atoms with Crippen molar-refractivity contribution in [2.45, 2.75) is 45.2 Å². The molecule has 2 amide bonds. The second kappa shape index (κ2) is 8.67. The number of aryl methyl sites for hydroxylation is 1. The molecule has 0 bridgehead atoms. The lowest BCUT2D eigenvalue weighted by molar-refractivity contribution is 0.126. The van der Waals surface area contributed by atoms with Gasteiger partial charge < -0.3 is 15.1 Å². The zero-order chi connectivity index (χ0) is 17.5. The molecule has 1 atom stereocenters. The Morgan fingerprint density at radius 2 is 2.16 bits per heavy atom. The minimum Gasteiger partial charge on any atom is -0.444 e. The number of carbonyl (C=O) groups excluding carboxylic acids is 1. The molecule has 2 heterocycles. The highest BCUT2D eigenvalue weighted by atomic mass is 16.4. The van der Waals surface area contributed by atoms with Crippen molar-refractivity contribution in [3.8, 4) is 0 Å². The third kappa shape index (κ3) is 5.06. The molecule has 134 valence electrons. The molecule has 3 rings (SSSR count). The number of carbonyl (C=O) groups is 1. The number of hydrogen-bond donors (Lipinski definition) is 2. The maximum atomic E-state index is 12.1. The van der Waals surface area contributed by atoms with E-state index in [1.165, 1.54) is 12.8 Å². The number of rotatable bonds is 6. The molecule has 1 saturated heterocycles. The molecule has 1 aromatic heterocycles. The summed E-state index contributed by atoms with van der Waals surface area (Å²) < 4.78 is 5.74. The predicted octanol–water partition coefficient (Wildman–Crippen LogP) is 3.41. The number of aromatic nitrogens is 1. The summed E-state index contributed by atoms with van der Waals surface area (Å²) in [6.45, 7) is 4.40. The van der Waals surface area contributed by atoms with Crippen LogP contribution in [0, 0.1) is 0 Å². The second-order valence-electron chi connectivity index (χ2n) is 6.39. The molecule has 0 radical (unpaired) electrons. The Labute approximate surface area is 148 Å². The molecule has 1 aliphatic heterocycles. The summed E-state index contributed by atoms with van der Waals surface area (Å²) in [6.07, 6.45) is 6.10. The van der Waals surface area contributed by atoms with Gasteiger partial charge in [0.25, 0.3) is 0 Å². The Kier molecular flexibility index (Phi) is 6.06. The van der Waals surface area contributed by atoms with E-state index < -0.39 is 0 Å². The minimum atomic E-state index is -0.166. The highest BCUT2D eigenvalue weighted by Crippen LogP contribution is 2.19. The normalized spacial score (nSPS) is 18.0. The fourth-order valence-corrected chi connectivity index (χ4v) is 3.16. The van der Waals surface area contributed by atoms with Crippen LogP contribution in [0.25, 0.3) is 0 Å². The van der Waals surface area contributed by atoms with Gasteiger partial charge in [-0.05, 0) is 31.5 Å². The van der Waals surface area contributed by atoms with Crippen molar-refractivity contribution in [1.29, 1.82) is 0 Å². The number of nitrogens with one attached hydrogen (secondary N) is 2. The summed E-state index contributed by atoms with van der Waals surface area (Å²) in [5.41, 5.74) is 0.799. The lowest BCUT2D eigenvalue weighted by Gasteiger charge is -2.34. The fraction of sp³-hybridized carbons (Fsp3) is 0.474. The van der Waals surface area contributed by atoms with E-state index in [9.17, 15) is 4.79 Å². The molecule has 6 heteroatoms. The number of piperidine rings is 1. The topological polar surface area (TPSA) is 70.4 Å². The summed E-state index contributed by atoms with van der Waals surface area (Å²) in [5.74, 6) is 1.68. The Morgan fingerprint density at radius 1 is 1.32 bits per heavy atom. The molecule has 2 aromatic rings. The Hall–Kier alpha value is -2.34. The van der Waals surface area contributed by atoms with Crippen molar-refractivity contribution in [2.24, 2.45) is 0 Å². The third-order valence-corrected chi connectivity index (χ3v) is 4.57. The van der Waals surface area contributed by atoms with Crippen LogP contribution in [-0.2, 0) is 13.0 Å². The van der Waals surface area contributed by atoms with E-state index in [2.05, 4.69) is 27.4 Å². The van der Waals surface area contributed by atoms with E-state index in [0.29, 0.717) is 19.1 Å². The highest BCUT2D eigenvalue weighted by Gasteiger charge is 2.24. The molecule has 1 unspecified atom stereocenters. The number of nitrogens with zero attached hydrogens (tertiary/aromatic N) is 2. The van der Waals surface area contributed by atoms with Gasteiger partial charge in [-0.3, -0.25) is 4.90 Å². The zero-order valence-corrected chi connectivity index (χ0v) is 14.7. The monoisotopic (exact) mass is 342 g/mol. The van der Waals surface area contributed by atoms with Crippen LogP contribution in [0.1, 0.15) is 37.8 Å². The van der Waals surface area contributed by atoms with Crippen LogP contribution >= 0.6 is 0 Å². The van der Waals surface area contributed by atoms with E-state index in [1.54, 1.807) is 6.20 Å². The van der Waals surface area contributed by atoms with E-state index in [0.717, 1.165) is 36.7 Å². The van der Waals surface area contributed by atoms with Crippen LogP contribution in [0.15, 0.2) is 40.9 Å². The second-order valence-corrected chi connectivity index (χ2v) is 6.39. The van der Waals surface area contributed by atoms with Crippen LogP contribution in [0.2, 0.25) is 0 Å². The largest absolute Gasteiger partial charge is 0.444 e. The molecule has 1 aliphatic rings. The first-order valence-corrected chi connectivity index (χ1v) is 9.02. The Bertz CT molecular complexity index is 671. The first-order chi connectivity index (χ1) is 12.2. The fourth-order valence-electron chi connectivity index (χ4n) is 3.16. The van der Waals surface area contributed by atoms with E-state index >= 15 is 0 Å². The quantitative estimate of drug-likeness (QED) is 0.844. The lowest BCUT2D eigenvalue weighted by atomic mass is 10.0. The Balaban J connectivity index is 1.51. The van der Waals surface area contributed by atoms with Crippen molar-refractivity contribution >= 4 is 11.7 Å². The van der Waals surface area contributed by atoms with Crippen LogP contribution in [0.4, 0.5) is 10.5 Å². The summed E-state index contributed by atoms with van der Waals surface area (Å²) in [4.78, 5) is 18.8. The van der Waals surface area contributed by atoms with Crippen LogP contribution in [0.3, 0.4) is 0 Å². The van der Waals surface area contributed by atoms with Crippen molar-refractivity contribution in [2.75, 3.05) is 18.4 Å². The molecule has 6 nitrogen and oxygen atoms in total.